The summed E-state index contributed by atoms with van der Waals surface area (Å²) in [5, 5.41) is 4.07. The molecule has 4 aromatic rings. The summed E-state index contributed by atoms with van der Waals surface area (Å²) in [7, 11) is 1.65. The number of halogens is 1. The summed E-state index contributed by atoms with van der Waals surface area (Å²) < 4.78 is 22.4. The minimum atomic E-state index is -0.265. The summed E-state index contributed by atoms with van der Waals surface area (Å²) >= 11 is 5.85. The van der Waals surface area contributed by atoms with Gasteiger partial charge in [-0.3, -0.25) is 4.98 Å². The SMILES string of the molecule is COc1ccccc1N1C(=S)N[C@H](c2ccccn2)[C@H]1c1cc(C)n(-c2ccccc2F)c1C. The summed E-state index contributed by atoms with van der Waals surface area (Å²) in [6.07, 6.45) is 1.78. The second-order valence-corrected chi connectivity index (χ2v) is 8.67. The Morgan fingerprint density at radius 3 is 2.38 bits per heavy atom. The third-order valence-electron chi connectivity index (χ3n) is 6.33. The molecule has 1 N–H and O–H groups in total. The summed E-state index contributed by atoms with van der Waals surface area (Å²) in [5.74, 6) is 0.458. The van der Waals surface area contributed by atoms with Crippen LogP contribution in [0.1, 0.15) is 34.7 Å². The molecule has 2 atom stereocenters. The highest BCUT2D eigenvalue weighted by atomic mass is 32.1. The highest BCUT2D eigenvalue weighted by Crippen LogP contribution is 2.46. The molecule has 1 saturated heterocycles. The number of nitrogens with one attached hydrogen (secondary N) is 1. The van der Waals surface area contributed by atoms with Gasteiger partial charge in [0.2, 0.25) is 0 Å². The van der Waals surface area contributed by atoms with Gasteiger partial charge < -0.3 is 19.5 Å². The van der Waals surface area contributed by atoms with Crippen LogP contribution in [0.3, 0.4) is 0 Å². The summed E-state index contributed by atoms with van der Waals surface area (Å²) in [6.45, 7) is 4.01. The van der Waals surface area contributed by atoms with Crippen molar-refractivity contribution in [2.75, 3.05) is 12.0 Å². The van der Waals surface area contributed by atoms with Crippen molar-refractivity contribution < 1.29 is 9.13 Å². The number of rotatable bonds is 5. The maximum Gasteiger partial charge on any atom is 0.174 e. The van der Waals surface area contributed by atoms with Crippen LogP contribution in [0.25, 0.3) is 5.69 Å². The number of methoxy groups -OCH3 is 1. The Hall–Kier alpha value is -3.71. The van der Waals surface area contributed by atoms with Gasteiger partial charge in [-0.2, -0.15) is 0 Å². The summed E-state index contributed by atoms with van der Waals surface area (Å²) in [4.78, 5) is 6.71. The molecule has 5 nitrogen and oxygen atoms in total. The van der Waals surface area contributed by atoms with Crippen molar-refractivity contribution in [2.45, 2.75) is 25.9 Å². The Morgan fingerprint density at radius 1 is 0.971 bits per heavy atom. The molecule has 172 valence electrons. The monoisotopic (exact) mass is 472 g/mol. The largest absolute Gasteiger partial charge is 0.495 e. The zero-order valence-corrected chi connectivity index (χ0v) is 20.0. The van der Waals surface area contributed by atoms with Crippen molar-refractivity contribution in [3.05, 3.63) is 107 Å². The molecule has 0 radical (unpaired) electrons. The molecule has 1 fully saturated rings. The molecule has 0 bridgehead atoms. The van der Waals surface area contributed by atoms with Gasteiger partial charge in [-0.25, -0.2) is 4.39 Å². The molecule has 2 aromatic carbocycles. The molecule has 0 aliphatic carbocycles. The van der Waals surface area contributed by atoms with Crippen LogP contribution in [0.15, 0.2) is 79.0 Å². The first kappa shape index (κ1) is 22.1. The Bertz CT molecular complexity index is 1350. The third-order valence-corrected chi connectivity index (χ3v) is 6.64. The van der Waals surface area contributed by atoms with Gasteiger partial charge in [0.1, 0.15) is 11.6 Å². The topological polar surface area (TPSA) is 42.3 Å². The van der Waals surface area contributed by atoms with E-state index in [0.717, 1.165) is 34.1 Å². The quantitative estimate of drug-likeness (QED) is 0.371. The molecule has 7 heteroatoms. The molecular formula is C27H25FN4OS. The lowest BCUT2D eigenvalue weighted by atomic mass is 9.96. The Morgan fingerprint density at radius 2 is 1.68 bits per heavy atom. The van der Waals surface area contributed by atoms with Gasteiger partial charge in [0.05, 0.1) is 36.3 Å². The lowest BCUT2D eigenvalue weighted by Gasteiger charge is -2.29. The van der Waals surface area contributed by atoms with Gasteiger partial charge in [-0.05, 0) is 74.1 Å². The van der Waals surface area contributed by atoms with Crippen molar-refractivity contribution >= 4 is 23.0 Å². The van der Waals surface area contributed by atoms with E-state index in [1.807, 2.05) is 66.9 Å². The van der Waals surface area contributed by atoms with Gasteiger partial charge in [-0.1, -0.05) is 30.3 Å². The van der Waals surface area contributed by atoms with Crippen LogP contribution in [0, 0.1) is 19.7 Å². The smallest absolute Gasteiger partial charge is 0.174 e. The van der Waals surface area contributed by atoms with Crippen LogP contribution in [0.5, 0.6) is 5.75 Å². The third kappa shape index (κ3) is 3.62. The number of anilines is 1. The van der Waals surface area contributed by atoms with E-state index in [9.17, 15) is 4.39 Å². The Labute approximate surface area is 203 Å². The molecule has 0 unspecified atom stereocenters. The molecule has 5 rings (SSSR count). The molecule has 1 aliphatic rings. The molecule has 0 amide bonds. The van der Waals surface area contributed by atoms with E-state index < -0.39 is 0 Å². The second-order valence-electron chi connectivity index (χ2n) is 8.28. The number of ether oxygens (including phenoxy) is 1. The first-order valence-electron chi connectivity index (χ1n) is 11.1. The lowest BCUT2D eigenvalue weighted by Crippen LogP contribution is -2.30. The van der Waals surface area contributed by atoms with Crippen LogP contribution in [0.4, 0.5) is 10.1 Å². The average Bonchev–Trinajstić information content (AvgIpc) is 3.35. The first-order valence-corrected chi connectivity index (χ1v) is 11.5. The number of hydrogen-bond acceptors (Lipinski definition) is 3. The number of pyridine rings is 1. The van der Waals surface area contributed by atoms with E-state index in [-0.39, 0.29) is 17.9 Å². The van der Waals surface area contributed by atoms with E-state index in [2.05, 4.69) is 21.3 Å². The highest BCUT2D eigenvalue weighted by molar-refractivity contribution is 7.80. The van der Waals surface area contributed by atoms with Gasteiger partial charge in [0.15, 0.2) is 5.11 Å². The van der Waals surface area contributed by atoms with Crippen molar-refractivity contribution in [3.63, 3.8) is 0 Å². The molecular weight excluding hydrogens is 447 g/mol. The van der Waals surface area contributed by atoms with Crippen molar-refractivity contribution in [1.82, 2.24) is 14.9 Å². The van der Waals surface area contributed by atoms with Crippen LogP contribution in [-0.4, -0.2) is 21.8 Å². The first-order chi connectivity index (χ1) is 16.5. The van der Waals surface area contributed by atoms with Gasteiger partial charge in [0.25, 0.3) is 0 Å². The number of para-hydroxylation sites is 3. The molecule has 3 heterocycles. The number of aromatic nitrogens is 2. The summed E-state index contributed by atoms with van der Waals surface area (Å²) in [6, 6.07) is 22.2. The molecule has 0 spiro atoms. The van der Waals surface area contributed by atoms with Crippen molar-refractivity contribution in [3.8, 4) is 11.4 Å². The fourth-order valence-corrected chi connectivity index (χ4v) is 5.19. The maximum absolute atomic E-state index is 14.8. The second kappa shape index (κ2) is 8.91. The molecule has 1 aliphatic heterocycles. The van der Waals surface area contributed by atoms with Crippen LogP contribution < -0.4 is 15.0 Å². The number of aryl methyl sites for hydroxylation is 1. The van der Waals surface area contributed by atoms with Crippen LogP contribution in [-0.2, 0) is 0 Å². The highest BCUT2D eigenvalue weighted by Gasteiger charge is 2.43. The summed E-state index contributed by atoms with van der Waals surface area (Å²) in [5.41, 5.74) is 5.19. The minimum absolute atomic E-state index is 0.201. The number of nitrogens with zero attached hydrogens (tertiary/aromatic N) is 3. The van der Waals surface area contributed by atoms with Gasteiger partial charge in [0, 0.05) is 17.6 Å². The lowest BCUT2D eigenvalue weighted by molar-refractivity contribution is 0.414. The number of hydrogen-bond donors (Lipinski definition) is 1. The van der Waals surface area contributed by atoms with E-state index in [0.29, 0.717) is 10.8 Å². The zero-order chi connectivity index (χ0) is 23.8. The van der Waals surface area contributed by atoms with E-state index >= 15 is 0 Å². The molecule has 2 aromatic heterocycles. The van der Waals surface area contributed by atoms with Crippen molar-refractivity contribution in [2.24, 2.45) is 0 Å². The predicted octanol–water partition coefficient (Wildman–Crippen LogP) is 5.81. The fraction of sp³-hybridized carbons (Fsp3) is 0.185. The zero-order valence-electron chi connectivity index (χ0n) is 19.2. The predicted molar refractivity (Wildman–Crippen MR) is 136 cm³/mol. The normalized spacial score (nSPS) is 17.6. The minimum Gasteiger partial charge on any atom is -0.495 e. The van der Waals surface area contributed by atoms with Gasteiger partial charge in [-0.15, -0.1) is 0 Å². The maximum atomic E-state index is 14.8. The van der Waals surface area contributed by atoms with Crippen LogP contribution in [0.2, 0.25) is 0 Å². The number of benzene rings is 2. The van der Waals surface area contributed by atoms with Crippen LogP contribution >= 0.6 is 12.2 Å². The molecule has 34 heavy (non-hydrogen) atoms. The van der Waals surface area contributed by atoms with Gasteiger partial charge >= 0.3 is 0 Å². The Balaban J connectivity index is 1.72. The number of thiocarbonyl (C=S) groups is 1. The fourth-order valence-electron chi connectivity index (χ4n) is 4.85. The van der Waals surface area contributed by atoms with Crippen molar-refractivity contribution in [1.29, 1.82) is 0 Å². The Kier molecular flexibility index (Phi) is 5.79. The van der Waals surface area contributed by atoms with E-state index in [1.165, 1.54) is 6.07 Å². The molecule has 0 saturated carbocycles. The standard InChI is InChI=1S/C27H25FN4OS/c1-17-16-19(18(2)31(17)22-12-5-4-10-20(22)28)26-25(21-11-8-9-15-29-21)30-27(34)32(26)23-13-6-7-14-24(23)33-3/h4-16,25-26H,1-3H3,(H,30,34)/t25-,26-/m1/s1. The average molecular weight is 473 g/mol. The van der Waals surface area contributed by atoms with E-state index in [4.69, 9.17) is 17.0 Å². The van der Waals surface area contributed by atoms with E-state index in [1.54, 1.807) is 25.4 Å².